The molecule has 7 heteroatoms. The molecule has 7 nitrogen and oxygen atoms in total. The smallest absolute Gasteiger partial charge is 0.300 e. The zero-order valence-electron chi connectivity index (χ0n) is 18.9. The van der Waals surface area contributed by atoms with Crippen LogP contribution in [0.1, 0.15) is 30.5 Å². The van der Waals surface area contributed by atoms with Crippen LogP contribution in [0, 0.1) is 0 Å². The second-order valence-electron chi connectivity index (χ2n) is 7.84. The average Bonchev–Trinajstić information content (AvgIpc) is 3.13. The Morgan fingerprint density at radius 2 is 1.71 bits per heavy atom. The number of carbonyl (C=O) groups is 2. The van der Waals surface area contributed by atoms with E-state index < -0.39 is 17.7 Å². The summed E-state index contributed by atoms with van der Waals surface area (Å²) in [5, 5.41) is 21.3. The summed E-state index contributed by atoms with van der Waals surface area (Å²) in [5.41, 5.74) is 1.21. The van der Waals surface area contributed by atoms with Crippen LogP contribution in [0.15, 0.2) is 78.4 Å². The molecule has 34 heavy (non-hydrogen) atoms. The van der Waals surface area contributed by atoms with E-state index in [1.807, 2.05) is 6.92 Å². The van der Waals surface area contributed by atoms with E-state index in [2.05, 4.69) is 0 Å². The Hall–Kier alpha value is -4.26. The molecule has 0 aliphatic carbocycles. The van der Waals surface area contributed by atoms with Gasteiger partial charge in [-0.15, -0.1) is 0 Å². The number of carbonyl (C=O) groups excluding carboxylic acids is 2. The number of anilines is 1. The van der Waals surface area contributed by atoms with Crippen molar-refractivity contribution >= 4 is 23.1 Å². The lowest BCUT2D eigenvalue weighted by atomic mass is 9.95. The number of methoxy groups -OCH3 is 1. The zero-order chi connectivity index (χ0) is 24.2. The van der Waals surface area contributed by atoms with E-state index >= 15 is 0 Å². The summed E-state index contributed by atoms with van der Waals surface area (Å²) in [6, 6.07) is 18.8. The number of aromatic hydroxyl groups is 1. The van der Waals surface area contributed by atoms with Crippen LogP contribution in [0.2, 0.25) is 0 Å². The fourth-order valence-electron chi connectivity index (χ4n) is 3.95. The third kappa shape index (κ3) is 4.32. The van der Waals surface area contributed by atoms with E-state index in [0.29, 0.717) is 34.9 Å². The summed E-state index contributed by atoms with van der Waals surface area (Å²) in [7, 11) is 1.51. The molecule has 1 heterocycles. The van der Waals surface area contributed by atoms with Gasteiger partial charge in [0.1, 0.15) is 23.0 Å². The normalized spacial score (nSPS) is 17.1. The summed E-state index contributed by atoms with van der Waals surface area (Å²) < 4.78 is 10.9. The molecule has 1 atom stereocenters. The number of benzene rings is 3. The van der Waals surface area contributed by atoms with Gasteiger partial charge in [0.25, 0.3) is 11.7 Å². The number of amides is 1. The molecular weight excluding hydrogens is 434 g/mol. The highest BCUT2D eigenvalue weighted by atomic mass is 16.5. The molecule has 174 valence electrons. The first-order chi connectivity index (χ1) is 16.4. The van der Waals surface area contributed by atoms with Crippen LogP contribution < -0.4 is 14.4 Å². The van der Waals surface area contributed by atoms with Crippen molar-refractivity contribution in [1.82, 2.24) is 0 Å². The lowest BCUT2D eigenvalue weighted by Crippen LogP contribution is -2.29. The van der Waals surface area contributed by atoms with Gasteiger partial charge in [-0.1, -0.05) is 25.1 Å². The first kappa shape index (κ1) is 22.9. The third-order valence-corrected chi connectivity index (χ3v) is 5.56. The number of hydrogen-bond donors (Lipinski definition) is 2. The monoisotopic (exact) mass is 459 g/mol. The number of hydrogen-bond acceptors (Lipinski definition) is 6. The van der Waals surface area contributed by atoms with Gasteiger partial charge in [0.05, 0.1) is 25.3 Å². The van der Waals surface area contributed by atoms with Gasteiger partial charge in [-0.2, -0.15) is 0 Å². The molecule has 3 aromatic rings. The second-order valence-corrected chi connectivity index (χ2v) is 7.84. The maximum atomic E-state index is 13.2. The fourth-order valence-corrected chi connectivity index (χ4v) is 3.95. The van der Waals surface area contributed by atoms with Crippen LogP contribution >= 0.6 is 0 Å². The highest BCUT2D eigenvalue weighted by molar-refractivity contribution is 6.51. The van der Waals surface area contributed by atoms with Crippen molar-refractivity contribution < 1.29 is 29.3 Å². The highest BCUT2D eigenvalue weighted by Gasteiger charge is 2.47. The van der Waals surface area contributed by atoms with Gasteiger partial charge in [0.15, 0.2) is 0 Å². The number of nitrogens with zero attached hydrogens (tertiary/aromatic N) is 1. The predicted octanol–water partition coefficient (Wildman–Crippen LogP) is 4.82. The Labute approximate surface area is 197 Å². The lowest BCUT2D eigenvalue weighted by Gasteiger charge is -2.25. The number of aliphatic hydroxyl groups is 1. The molecule has 0 bridgehead atoms. The second kappa shape index (κ2) is 9.70. The minimum Gasteiger partial charge on any atom is -0.508 e. The van der Waals surface area contributed by atoms with Gasteiger partial charge in [0.2, 0.25) is 0 Å². The van der Waals surface area contributed by atoms with E-state index in [9.17, 15) is 19.8 Å². The number of phenols is 1. The molecule has 0 aromatic heterocycles. The molecular formula is C27H25NO6. The average molecular weight is 459 g/mol. The molecule has 0 radical (unpaired) electrons. The van der Waals surface area contributed by atoms with Gasteiger partial charge in [-0.3, -0.25) is 14.5 Å². The summed E-state index contributed by atoms with van der Waals surface area (Å²) in [5.74, 6) is -0.784. The minimum absolute atomic E-state index is 0.0221. The number of Topliss-reactive ketones (excluding diaryl/α,β-unsaturated/α-hetero) is 1. The standard InChI is InChI=1S/C27H25NO6/c1-3-14-34-21-12-10-17(11-13-21)25(30)23-24(18-6-4-8-20(29)15-18)28(27(32)26(23)31)19-7-5-9-22(16-19)33-2/h4-13,15-16,24,29-30H,3,14H2,1-2H3/b25-23+. The Bertz CT molecular complexity index is 1250. The van der Waals surface area contributed by atoms with Crippen molar-refractivity contribution in [2.24, 2.45) is 0 Å². The van der Waals surface area contributed by atoms with E-state index in [1.54, 1.807) is 60.7 Å². The van der Waals surface area contributed by atoms with Gasteiger partial charge in [0, 0.05) is 17.3 Å². The van der Waals surface area contributed by atoms with E-state index in [1.165, 1.54) is 24.1 Å². The molecule has 1 fully saturated rings. The molecule has 1 saturated heterocycles. The zero-order valence-corrected chi connectivity index (χ0v) is 18.9. The molecule has 0 saturated carbocycles. The van der Waals surface area contributed by atoms with Crippen molar-refractivity contribution in [3.63, 3.8) is 0 Å². The molecule has 1 amide bonds. The highest BCUT2D eigenvalue weighted by Crippen LogP contribution is 2.43. The van der Waals surface area contributed by atoms with Crippen LogP contribution in [0.3, 0.4) is 0 Å². The van der Waals surface area contributed by atoms with Crippen molar-refractivity contribution in [1.29, 1.82) is 0 Å². The molecule has 3 aromatic carbocycles. The fraction of sp³-hybridized carbons (Fsp3) is 0.185. The molecule has 1 aliphatic rings. The Morgan fingerprint density at radius 3 is 2.38 bits per heavy atom. The van der Waals surface area contributed by atoms with Crippen molar-refractivity contribution in [3.8, 4) is 17.2 Å². The maximum absolute atomic E-state index is 13.2. The van der Waals surface area contributed by atoms with Crippen molar-refractivity contribution in [3.05, 3.63) is 89.5 Å². The number of ether oxygens (including phenoxy) is 2. The lowest BCUT2D eigenvalue weighted by molar-refractivity contribution is -0.132. The van der Waals surface area contributed by atoms with Gasteiger partial charge < -0.3 is 19.7 Å². The first-order valence-electron chi connectivity index (χ1n) is 10.9. The molecule has 2 N–H and O–H groups in total. The molecule has 1 aliphatic heterocycles. The quantitative estimate of drug-likeness (QED) is 0.299. The van der Waals surface area contributed by atoms with Crippen LogP contribution in [-0.2, 0) is 9.59 Å². The minimum atomic E-state index is -0.949. The van der Waals surface area contributed by atoms with Crippen LogP contribution in [0.4, 0.5) is 5.69 Å². The summed E-state index contributed by atoms with van der Waals surface area (Å²) >= 11 is 0. The Balaban J connectivity index is 1.86. The number of ketones is 1. The van der Waals surface area contributed by atoms with E-state index in [-0.39, 0.29) is 17.1 Å². The summed E-state index contributed by atoms with van der Waals surface area (Å²) in [6.45, 7) is 2.57. The predicted molar refractivity (Wildman–Crippen MR) is 128 cm³/mol. The SMILES string of the molecule is CCCOc1ccc(/C(O)=C2\C(=O)C(=O)N(c3cccc(OC)c3)C2c2cccc(O)c2)cc1. The first-order valence-corrected chi connectivity index (χ1v) is 10.9. The molecule has 4 rings (SSSR count). The van der Waals surface area contributed by atoms with Crippen LogP contribution in [-0.4, -0.2) is 35.6 Å². The Kier molecular flexibility index (Phi) is 6.54. The van der Waals surface area contributed by atoms with Gasteiger partial charge >= 0.3 is 0 Å². The van der Waals surface area contributed by atoms with E-state index in [4.69, 9.17) is 9.47 Å². The Morgan fingerprint density at radius 1 is 0.971 bits per heavy atom. The van der Waals surface area contributed by atoms with Crippen molar-refractivity contribution in [2.75, 3.05) is 18.6 Å². The summed E-state index contributed by atoms with van der Waals surface area (Å²) in [6.07, 6.45) is 0.860. The topological polar surface area (TPSA) is 96.3 Å². The van der Waals surface area contributed by atoms with Gasteiger partial charge in [-0.25, -0.2) is 0 Å². The number of phenolic OH excluding ortho intramolecular Hbond substituents is 1. The van der Waals surface area contributed by atoms with Gasteiger partial charge in [-0.05, 0) is 60.5 Å². The number of rotatable bonds is 7. The largest absolute Gasteiger partial charge is 0.508 e. The number of aliphatic hydroxyl groups excluding tert-OH is 1. The van der Waals surface area contributed by atoms with Crippen LogP contribution in [0.25, 0.3) is 5.76 Å². The summed E-state index contributed by atoms with van der Waals surface area (Å²) in [4.78, 5) is 27.7. The third-order valence-electron chi connectivity index (χ3n) is 5.56. The maximum Gasteiger partial charge on any atom is 0.300 e. The van der Waals surface area contributed by atoms with Crippen LogP contribution in [0.5, 0.6) is 17.2 Å². The molecule has 0 spiro atoms. The van der Waals surface area contributed by atoms with E-state index in [0.717, 1.165) is 6.42 Å². The van der Waals surface area contributed by atoms with Crippen molar-refractivity contribution in [2.45, 2.75) is 19.4 Å². The molecule has 1 unspecified atom stereocenters.